The van der Waals surface area contributed by atoms with Gasteiger partial charge in [0.2, 0.25) is 0 Å². The van der Waals surface area contributed by atoms with Crippen molar-refractivity contribution in [2.24, 2.45) is 0 Å². The Kier molecular flexibility index (Phi) is 10.0. The fraction of sp³-hybridized carbons (Fsp3) is 0.478. The number of nitrogens with two attached hydrogens (primary N) is 2. The summed E-state index contributed by atoms with van der Waals surface area (Å²) in [7, 11) is 0. The third-order valence-corrected chi connectivity index (χ3v) is 4.64. The lowest BCUT2D eigenvalue weighted by Crippen LogP contribution is -2.00. The molecular formula is C23H34N2O2. The monoisotopic (exact) mass is 370 g/mol. The molecule has 4 N–H and O–H groups in total. The molecule has 2 aromatic rings. The predicted octanol–water partition coefficient (Wildman–Crippen LogP) is 5.82. The minimum absolute atomic E-state index is 0.718. The summed E-state index contributed by atoms with van der Waals surface area (Å²) >= 11 is 0. The third-order valence-electron chi connectivity index (χ3n) is 4.64. The van der Waals surface area contributed by atoms with Crippen molar-refractivity contribution in [3.05, 3.63) is 48.5 Å². The van der Waals surface area contributed by atoms with Gasteiger partial charge in [0.25, 0.3) is 0 Å². The number of hydrogen-bond donors (Lipinski definition) is 2. The predicted molar refractivity (Wildman–Crippen MR) is 114 cm³/mol. The lowest BCUT2D eigenvalue weighted by Gasteiger charge is -2.08. The topological polar surface area (TPSA) is 70.5 Å². The minimum atomic E-state index is 0.718. The maximum Gasteiger partial charge on any atom is 0.142 e. The van der Waals surface area contributed by atoms with Crippen LogP contribution in [0, 0.1) is 0 Å². The average molecular weight is 371 g/mol. The van der Waals surface area contributed by atoms with E-state index in [-0.39, 0.29) is 0 Å². The van der Waals surface area contributed by atoms with Crippen molar-refractivity contribution < 1.29 is 9.47 Å². The van der Waals surface area contributed by atoms with E-state index >= 15 is 0 Å². The van der Waals surface area contributed by atoms with Crippen molar-refractivity contribution in [1.82, 2.24) is 0 Å². The molecule has 0 aliphatic rings. The lowest BCUT2D eigenvalue weighted by molar-refractivity contribution is 0.304. The van der Waals surface area contributed by atoms with Crippen LogP contribution in [0.4, 0.5) is 11.4 Å². The molecular weight excluding hydrogens is 336 g/mol. The van der Waals surface area contributed by atoms with Gasteiger partial charge in [0.15, 0.2) is 0 Å². The van der Waals surface area contributed by atoms with Crippen LogP contribution in [0.3, 0.4) is 0 Å². The highest BCUT2D eigenvalue weighted by Crippen LogP contribution is 2.21. The van der Waals surface area contributed by atoms with Gasteiger partial charge in [-0.3, -0.25) is 0 Å². The number of rotatable bonds is 14. The summed E-state index contributed by atoms with van der Waals surface area (Å²) < 4.78 is 11.4. The molecule has 0 bridgehead atoms. The van der Waals surface area contributed by atoms with Gasteiger partial charge < -0.3 is 20.9 Å². The van der Waals surface area contributed by atoms with Gasteiger partial charge in [0.1, 0.15) is 11.5 Å². The number of hydrogen-bond acceptors (Lipinski definition) is 4. The maximum absolute atomic E-state index is 5.86. The van der Waals surface area contributed by atoms with Gasteiger partial charge in [0, 0.05) is 0 Å². The fourth-order valence-corrected chi connectivity index (χ4v) is 3.03. The molecule has 4 nitrogen and oxygen atoms in total. The molecule has 0 aliphatic carbocycles. The Morgan fingerprint density at radius 3 is 1.19 bits per heavy atom. The van der Waals surface area contributed by atoms with Gasteiger partial charge in [-0.05, 0) is 37.1 Å². The SMILES string of the molecule is Nc1ccccc1OCCCCCCCCCCCOc1ccccc1N. The van der Waals surface area contributed by atoms with E-state index in [9.17, 15) is 0 Å². The molecule has 0 heterocycles. The van der Waals surface area contributed by atoms with E-state index in [0.717, 1.165) is 48.9 Å². The molecule has 27 heavy (non-hydrogen) atoms. The van der Waals surface area contributed by atoms with Gasteiger partial charge in [-0.2, -0.15) is 0 Å². The number of para-hydroxylation sites is 4. The minimum Gasteiger partial charge on any atom is -0.491 e. The van der Waals surface area contributed by atoms with E-state index in [2.05, 4.69) is 0 Å². The Morgan fingerprint density at radius 2 is 0.815 bits per heavy atom. The van der Waals surface area contributed by atoms with Gasteiger partial charge in [0.05, 0.1) is 24.6 Å². The second-order valence-electron chi connectivity index (χ2n) is 6.95. The summed E-state index contributed by atoms with van der Waals surface area (Å²) in [6, 6.07) is 15.4. The lowest BCUT2D eigenvalue weighted by atomic mass is 10.1. The van der Waals surface area contributed by atoms with E-state index in [0.29, 0.717) is 0 Å². The number of anilines is 2. The molecule has 0 fully saturated rings. The van der Waals surface area contributed by atoms with Crippen molar-refractivity contribution in [3.63, 3.8) is 0 Å². The summed E-state index contributed by atoms with van der Waals surface area (Å²) in [6.45, 7) is 1.50. The van der Waals surface area contributed by atoms with Crippen molar-refractivity contribution in [3.8, 4) is 11.5 Å². The molecule has 0 radical (unpaired) electrons. The summed E-state index contributed by atoms with van der Waals surface area (Å²) in [5, 5.41) is 0. The van der Waals surface area contributed by atoms with Crippen molar-refractivity contribution >= 4 is 11.4 Å². The summed E-state index contributed by atoms with van der Waals surface area (Å²) in [4.78, 5) is 0. The molecule has 0 saturated carbocycles. The van der Waals surface area contributed by atoms with E-state index < -0.39 is 0 Å². The third kappa shape index (κ3) is 8.72. The zero-order valence-electron chi connectivity index (χ0n) is 16.4. The number of ether oxygens (including phenoxy) is 2. The smallest absolute Gasteiger partial charge is 0.142 e. The van der Waals surface area contributed by atoms with Crippen LogP contribution in [0.2, 0.25) is 0 Å². The van der Waals surface area contributed by atoms with Crippen molar-refractivity contribution in [2.75, 3.05) is 24.7 Å². The highest BCUT2D eigenvalue weighted by atomic mass is 16.5. The van der Waals surface area contributed by atoms with Crippen LogP contribution >= 0.6 is 0 Å². The summed E-state index contributed by atoms with van der Waals surface area (Å²) in [5.41, 5.74) is 13.2. The van der Waals surface area contributed by atoms with Crippen LogP contribution in [0.15, 0.2) is 48.5 Å². The van der Waals surface area contributed by atoms with E-state index in [1.54, 1.807) is 0 Å². The zero-order chi connectivity index (χ0) is 19.2. The number of benzene rings is 2. The van der Waals surface area contributed by atoms with Crippen molar-refractivity contribution in [1.29, 1.82) is 0 Å². The van der Waals surface area contributed by atoms with E-state index in [1.807, 2.05) is 48.5 Å². The fourth-order valence-electron chi connectivity index (χ4n) is 3.03. The molecule has 0 unspecified atom stereocenters. The van der Waals surface area contributed by atoms with Crippen LogP contribution in [0.5, 0.6) is 11.5 Å². The number of nitrogen functional groups attached to an aromatic ring is 2. The Bertz CT molecular complexity index is 590. The van der Waals surface area contributed by atoms with Gasteiger partial charge in [-0.15, -0.1) is 0 Å². The van der Waals surface area contributed by atoms with Crippen LogP contribution in [0.1, 0.15) is 57.8 Å². The molecule has 0 spiro atoms. The maximum atomic E-state index is 5.86. The van der Waals surface area contributed by atoms with Gasteiger partial charge in [-0.25, -0.2) is 0 Å². The van der Waals surface area contributed by atoms with Crippen molar-refractivity contribution in [2.45, 2.75) is 57.8 Å². The molecule has 0 atom stereocenters. The Labute approximate surface area is 163 Å². The quantitative estimate of drug-likeness (QED) is 0.325. The summed E-state index contributed by atoms with van der Waals surface area (Å²) in [5.74, 6) is 1.60. The second-order valence-corrected chi connectivity index (χ2v) is 6.95. The van der Waals surface area contributed by atoms with Crippen LogP contribution < -0.4 is 20.9 Å². The largest absolute Gasteiger partial charge is 0.491 e. The first kappa shape index (κ1) is 20.9. The first-order valence-electron chi connectivity index (χ1n) is 10.2. The van der Waals surface area contributed by atoms with Crippen LogP contribution in [-0.2, 0) is 0 Å². The van der Waals surface area contributed by atoms with E-state index in [1.165, 1.54) is 44.9 Å². The first-order valence-corrected chi connectivity index (χ1v) is 10.2. The second kappa shape index (κ2) is 12.9. The Balaban J connectivity index is 1.35. The molecule has 2 aromatic carbocycles. The number of unbranched alkanes of at least 4 members (excludes halogenated alkanes) is 8. The molecule has 0 aliphatic heterocycles. The average Bonchev–Trinajstić information content (AvgIpc) is 2.68. The molecule has 0 amide bonds. The Hall–Kier alpha value is -2.36. The standard InChI is InChI=1S/C23H34N2O2/c24-20-14-8-10-16-22(20)26-18-12-6-4-2-1-3-5-7-13-19-27-23-17-11-9-15-21(23)25/h8-11,14-17H,1-7,12-13,18-19,24-25H2. The van der Waals surface area contributed by atoms with Gasteiger partial charge in [-0.1, -0.05) is 69.2 Å². The highest BCUT2D eigenvalue weighted by Gasteiger charge is 1.99. The van der Waals surface area contributed by atoms with E-state index in [4.69, 9.17) is 20.9 Å². The molecule has 2 rings (SSSR count). The molecule has 0 aromatic heterocycles. The van der Waals surface area contributed by atoms with Gasteiger partial charge >= 0.3 is 0 Å². The molecule has 148 valence electrons. The summed E-state index contributed by atoms with van der Waals surface area (Å²) in [6.07, 6.45) is 11.1. The zero-order valence-corrected chi connectivity index (χ0v) is 16.4. The first-order chi connectivity index (χ1) is 13.3. The molecule has 0 saturated heterocycles. The van der Waals surface area contributed by atoms with Crippen LogP contribution in [0.25, 0.3) is 0 Å². The van der Waals surface area contributed by atoms with Crippen LogP contribution in [-0.4, -0.2) is 13.2 Å². The highest BCUT2D eigenvalue weighted by molar-refractivity contribution is 5.52. The normalized spacial score (nSPS) is 10.7. The Morgan fingerprint density at radius 1 is 0.481 bits per heavy atom. The molecule has 4 heteroatoms.